The van der Waals surface area contributed by atoms with Crippen LogP contribution >= 0.6 is 0 Å². The molecule has 1 aromatic carbocycles. The third kappa shape index (κ3) is 3.78. The molecule has 2 aromatic rings. The molecular formula is C15H16F3N3. The molecule has 6 heteroatoms. The molecule has 0 fully saturated rings. The van der Waals surface area contributed by atoms with E-state index in [0.29, 0.717) is 17.9 Å². The van der Waals surface area contributed by atoms with Crippen molar-refractivity contribution in [3.8, 4) is 0 Å². The van der Waals surface area contributed by atoms with Crippen LogP contribution in [0.4, 0.5) is 13.2 Å². The molecule has 0 aliphatic heterocycles. The summed E-state index contributed by atoms with van der Waals surface area (Å²) in [5.74, 6) is 0.460. The largest absolute Gasteiger partial charge is 0.416 e. The minimum Gasteiger partial charge on any atom is -0.304 e. The maximum absolute atomic E-state index is 12.8. The first-order chi connectivity index (χ1) is 9.91. The Morgan fingerprint density at radius 1 is 1.19 bits per heavy atom. The van der Waals surface area contributed by atoms with Gasteiger partial charge in [0.2, 0.25) is 0 Å². The Hall–Kier alpha value is -1.95. The summed E-state index contributed by atoms with van der Waals surface area (Å²) in [4.78, 5) is 8.42. The van der Waals surface area contributed by atoms with E-state index in [-0.39, 0.29) is 0 Å². The van der Waals surface area contributed by atoms with Crippen LogP contribution in [-0.2, 0) is 6.18 Å². The molecule has 0 saturated carbocycles. The molecule has 2 rings (SSSR count). The van der Waals surface area contributed by atoms with Crippen LogP contribution in [0, 0.1) is 6.92 Å². The van der Waals surface area contributed by atoms with Crippen LogP contribution in [0.1, 0.15) is 35.5 Å². The second-order valence-electron chi connectivity index (χ2n) is 4.73. The lowest BCUT2D eigenvalue weighted by molar-refractivity contribution is -0.137. The van der Waals surface area contributed by atoms with E-state index in [1.165, 1.54) is 6.07 Å². The summed E-state index contributed by atoms with van der Waals surface area (Å²) in [6, 6.07) is 4.78. The van der Waals surface area contributed by atoms with E-state index >= 15 is 0 Å². The van der Waals surface area contributed by atoms with Gasteiger partial charge in [-0.3, -0.25) is 0 Å². The molecular weight excluding hydrogens is 279 g/mol. The Morgan fingerprint density at radius 2 is 1.86 bits per heavy atom. The number of hydrogen-bond acceptors (Lipinski definition) is 3. The van der Waals surface area contributed by atoms with Crippen molar-refractivity contribution in [1.29, 1.82) is 0 Å². The highest BCUT2D eigenvalue weighted by molar-refractivity contribution is 5.31. The van der Waals surface area contributed by atoms with Crippen molar-refractivity contribution in [1.82, 2.24) is 15.3 Å². The smallest absolute Gasteiger partial charge is 0.304 e. The molecule has 1 N–H and O–H groups in total. The summed E-state index contributed by atoms with van der Waals surface area (Å²) in [7, 11) is 0. The molecule has 0 saturated heterocycles. The van der Waals surface area contributed by atoms with Gasteiger partial charge >= 0.3 is 6.18 Å². The van der Waals surface area contributed by atoms with E-state index in [4.69, 9.17) is 0 Å². The maximum Gasteiger partial charge on any atom is 0.416 e. The molecule has 1 atom stereocenters. The van der Waals surface area contributed by atoms with Gasteiger partial charge in [-0.1, -0.05) is 19.1 Å². The molecule has 1 heterocycles. The van der Waals surface area contributed by atoms with Gasteiger partial charge in [0.1, 0.15) is 5.82 Å². The summed E-state index contributed by atoms with van der Waals surface area (Å²) >= 11 is 0. The predicted molar refractivity (Wildman–Crippen MR) is 73.7 cm³/mol. The highest BCUT2D eigenvalue weighted by Gasteiger charge is 2.31. The molecule has 0 spiro atoms. The standard InChI is InChI=1S/C15H16F3N3/c1-3-19-13(14-20-8-10(2)9-21-14)11-5-4-6-12(7-11)15(16,17)18/h4-9,13,19H,3H2,1-2H3. The Bertz CT molecular complexity index is 594. The van der Waals surface area contributed by atoms with E-state index in [9.17, 15) is 13.2 Å². The van der Waals surface area contributed by atoms with Crippen LogP contribution in [0.2, 0.25) is 0 Å². The van der Waals surface area contributed by atoms with E-state index in [1.54, 1.807) is 18.5 Å². The van der Waals surface area contributed by atoms with Crippen molar-refractivity contribution in [2.75, 3.05) is 6.54 Å². The minimum absolute atomic E-state index is 0.460. The number of benzene rings is 1. The number of nitrogens with one attached hydrogen (secondary N) is 1. The lowest BCUT2D eigenvalue weighted by Crippen LogP contribution is -2.24. The van der Waals surface area contributed by atoms with E-state index < -0.39 is 17.8 Å². The molecule has 3 nitrogen and oxygen atoms in total. The number of hydrogen-bond donors (Lipinski definition) is 1. The van der Waals surface area contributed by atoms with Crippen molar-refractivity contribution >= 4 is 0 Å². The SMILES string of the molecule is CCNC(c1cccc(C(F)(F)F)c1)c1ncc(C)cn1. The van der Waals surface area contributed by atoms with E-state index in [2.05, 4.69) is 15.3 Å². The average molecular weight is 295 g/mol. The van der Waals surface area contributed by atoms with Gasteiger partial charge in [0.05, 0.1) is 11.6 Å². The second-order valence-corrected chi connectivity index (χ2v) is 4.73. The average Bonchev–Trinajstić information content (AvgIpc) is 2.45. The van der Waals surface area contributed by atoms with E-state index in [0.717, 1.165) is 17.7 Å². The van der Waals surface area contributed by atoms with Gasteiger partial charge in [0.15, 0.2) is 0 Å². The molecule has 0 amide bonds. The van der Waals surface area contributed by atoms with Gasteiger partial charge in [-0.15, -0.1) is 0 Å². The van der Waals surface area contributed by atoms with Crippen molar-refractivity contribution in [3.05, 3.63) is 59.2 Å². The molecule has 1 unspecified atom stereocenters. The molecule has 0 bridgehead atoms. The van der Waals surface area contributed by atoms with Gasteiger partial charge in [-0.2, -0.15) is 13.2 Å². The number of aromatic nitrogens is 2. The first-order valence-corrected chi connectivity index (χ1v) is 6.61. The monoisotopic (exact) mass is 295 g/mol. The lowest BCUT2D eigenvalue weighted by atomic mass is 10.0. The lowest BCUT2D eigenvalue weighted by Gasteiger charge is -2.18. The third-order valence-corrected chi connectivity index (χ3v) is 3.01. The van der Waals surface area contributed by atoms with E-state index in [1.807, 2.05) is 13.8 Å². The van der Waals surface area contributed by atoms with Crippen molar-refractivity contribution in [2.24, 2.45) is 0 Å². The van der Waals surface area contributed by atoms with Gasteiger partial charge < -0.3 is 5.32 Å². The quantitative estimate of drug-likeness (QED) is 0.938. The van der Waals surface area contributed by atoms with Crippen LogP contribution < -0.4 is 5.32 Å². The third-order valence-electron chi connectivity index (χ3n) is 3.01. The van der Waals surface area contributed by atoms with Gasteiger partial charge in [0, 0.05) is 12.4 Å². The topological polar surface area (TPSA) is 37.8 Å². The van der Waals surface area contributed by atoms with Crippen molar-refractivity contribution < 1.29 is 13.2 Å². The number of rotatable bonds is 4. The van der Waals surface area contributed by atoms with Crippen molar-refractivity contribution in [3.63, 3.8) is 0 Å². The normalized spacial score (nSPS) is 13.2. The first kappa shape index (κ1) is 15.4. The summed E-state index contributed by atoms with van der Waals surface area (Å²) in [5, 5.41) is 3.12. The predicted octanol–water partition coefficient (Wildman–Crippen LogP) is 3.50. The van der Waals surface area contributed by atoms with Crippen LogP contribution in [0.3, 0.4) is 0 Å². The molecule has 0 aliphatic rings. The fourth-order valence-corrected chi connectivity index (χ4v) is 2.01. The Balaban J connectivity index is 2.41. The summed E-state index contributed by atoms with van der Waals surface area (Å²) in [6.07, 6.45) is -1.05. The fraction of sp³-hybridized carbons (Fsp3) is 0.333. The number of halogens is 3. The van der Waals surface area contributed by atoms with Crippen LogP contribution in [0.25, 0.3) is 0 Å². The summed E-state index contributed by atoms with van der Waals surface area (Å²) in [5.41, 5.74) is 0.726. The van der Waals surface area contributed by atoms with Crippen LogP contribution in [-0.4, -0.2) is 16.5 Å². The zero-order chi connectivity index (χ0) is 15.5. The van der Waals surface area contributed by atoms with Crippen LogP contribution in [0.15, 0.2) is 36.7 Å². The fourth-order valence-electron chi connectivity index (χ4n) is 2.01. The maximum atomic E-state index is 12.8. The Kier molecular flexibility index (Phi) is 4.57. The molecule has 21 heavy (non-hydrogen) atoms. The zero-order valence-corrected chi connectivity index (χ0v) is 11.8. The van der Waals surface area contributed by atoms with Crippen LogP contribution in [0.5, 0.6) is 0 Å². The molecule has 0 radical (unpaired) electrons. The highest BCUT2D eigenvalue weighted by atomic mass is 19.4. The Morgan fingerprint density at radius 3 is 2.43 bits per heavy atom. The number of nitrogens with zero attached hydrogens (tertiary/aromatic N) is 2. The zero-order valence-electron chi connectivity index (χ0n) is 11.8. The molecule has 0 aliphatic carbocycles. The minimum atomic E-state index is -4.36. The van der Waals surface area contributed by atoms with Gasteiger partial charge in [-0.05, 0) is 36.7 Å². The number of alkyl halides is 3. The Labute approximate surface area is 121 Å². The second kappa shape index (κ2) is 6.22. The summed E-state index contributed by atoms with van der Waals surface area (Å²) in [6.45, 7) is 4.34. The molecule has 1 aromatic heterocycles. The number of aryl methyl sites for hydroxylation is 1. The van der Waals surface area contributed by atoms with Gasteiger partial charge in [-0.25, -0.2) is 9.97 Å². The van der Waals surface area contributed by atoms with Crippen molar-refractivity contribution in [2.45, 2.75) is 26.1 Å². The summed E-state index contributed by atoms with van der Waals surface area (Å²) < 4.78 is 38.5. The molecule has 112 valence electrons. The van der Waals surface area contributed by atoms with Gasteiger partial charge in [0.25, 0.3) is 0 Å². The highest BCUT2D eigenvalue weighted by Crippen LogP contribution is 2.31. The first-order valence-electron chi connectivity index (χ1n) is 6.61.